The molecule has 2 fully saturated rings. The van der Waals surface area contributed by atoms with Gasteiger partial charge in [0.15, 0.2) is 0 Å². The Morgan fingerprint density at radius 3 is 2.07 bits per heavy atom. The van der Waals surface area contributed by atoms with Gasteiger partial charge in [-0.25, -0.2) is 0 Å². The van der Waals surface area contributed by atoms with Crippen LogP contribution in [0.2, 0.25) is 0 Å². The first kappa shape index (κ1) is 21.3. The zero-order valence-electron chi connectivity index (χ0n) is 16.5. The van der Waals surface area contributed by atoms with E-state index in [4.69, 9.17) is 0 Å². The minimum atomic E-state index is -0.150. The quantitative estimate of drug-likeness (QED) is 0.800. The molecule has 29 heavy (non-hydrogen) atoms. The first-order valence-electron chi connectivity index (χ1n) is 10.1. The number of carbonyl (C=O) groups excluding carboxylic acids is 2. The summed E-state index contributed by atoms with van der Waals surface area (Å²) in [7, 11) is 0. The van der Waals surface area contributed by atoms with Gasteiger partial charge in [-0.1, -0.05) is 18.2 Å². The summed E-state index contributed by atoms with van der Waals surface area (Å²) in [6.07, 6.45) is 4.66. The maximum Gasteiger partial charge on any atom is 0.255 e. The van der Waals surface area contributed by atoms with Crippen molar-refractivity contribution in [2.45, 2.75) is 25.7 Å². The number of nitrogens with one attached hydrogen (secondary N) is 2. The second-order valence-corrected chi connectivity index (χ2v) is 7.94. The molecule has 4 rings (SSSR count). The molecule has 1 spiro atoms. The van der Waals surface area contributed by atoms with Crippen molar-refractivity contribution >= 4 is 29.9 Å². The molecule has 0 aromatic heterocycles. The fourth-order valence-corrected chi connectivity index (χ4v) is 4.31. The summed E-state index contributed by atoms with van der Waals surface area (Å²) in [6, 6.07) is 16.3. The van der Waals surface area contributed by atoms with Crippen LogP contribution < -0.4 is 10.6 Å². The summed E-state index contributed by atoms with van der Waals surface area (Å²) in [5.74, 6) is -0.0623. The van der Waals surface area contributed by atoms with Crippen LogP contribution in [0.5, 0.6) is 0 Å². The summed E-state index contributed by atoms with van der Waals surface area (Å²) >= 11 is 0. The molecule has 0 unspecified atom stereocenters. The van der Waals surface area contributed by atoms with Crippen molar-refractivity contribution in [3.8, 4) is 0 Å². The fourth-order valence-electron chi connectivity index (χ4n) is 4.31. The molecule has 0 radical (unpaired) electrons. The summed E-state index contributed by atoms with van der Waals surface area (Å²) in [5, 5.41) is 6.31. The number of piperidine rings is 2. The van der Waals surface area contributed by atoms with Crippen LogP contribution in [-0.4, -0.2) is 42.9 Å². The third-order valence-corrected chi connectivity index (χ3v) is 6.20. The Labute approximate surface area is 178 Å². The zero-order chi connectivity index (χ0) is 19.4. The Kier molecular flexibility index (Phi) is 6.93. The molecule has 0 bridgehead atoms. The maximum atomic E-state index is 12.9. The van der Waals surface area contributed by atoms with Gasteiger partial charge in [-0.15, -0.1) is 12.4 Å². The van der Waals surface area contributed by atoms with E-state index in [1.165, 1.54) is 12.8 Å². The predicted octanol–water partition coefficient (Wildman–Crippen LogP) is 3.97. The van der Waals surface area contributed by atoms with Crippen LogP contribution in [-0.2, 0) is 0 Å². The Hall–Kier alpha value is -2.37. The van der Waals surface area contributed by atoms with Gasteiger partial charge in [0.2, 0.25) is 0 Å². The molecule has 2 heterocycles. The second kappa shape index (κ2) is 9.42. The Morgan fingerprint density at radius 2 is 1.45 bits per heavy atom. The number of rotatable bonds is 3. The van der Waals surface area contributed by atoms with Gasteiger partial charge in [0.1, 0.15) is 0 Å². The van der Waals surface area contributed by atoms with E-state index in [1.54, 1.807) is 36.4 Å². The molecule has 2 aliphatic heterocycles. The molecular weight excluding hydrogens is 386 g/mol. The van der Waals surface area contributed by atoms with E-state index in [2.05, 4.69) is 10.6 Å². The number of anilines is 1. The van der Waals surface area contributed by atoms with Crippen LogP contribution in [0, 0.1) is 5.41 Å². The van der Waals surface area contributed by atoms with Gasteiger partial charge in [-0.3, -0.25) is 9.59 Å². The second-order valence-electron chi connectivity index (χ2n) is 7.94. The van der Waals surface area contributed by atoms with Crippen molar-refractivity contribution in [3.63, 3.8) is 0 Å². The average Bonchev–Trinajstić information content (AvgIpc) is 2.75. The largest absolute Gasteiger partial charge is 0.339 e. The Bertz CT molecular complexity index is 823. The molecule has 0 atom stereocenters. The average molecular weight is 414 g/mol. The fraction of sp³-hybridized carbons (Fsp3) is 0.391. The number of amides is 2. The van der Waals surface area contributed by atoms with E-state index >= 15 is 0 Å². The van der Waals surface area contributed by atoms with Crippen molar-refractivity contribution in [3.05, 3.63) is 65.7 Å². The maximum absolute atomic E-state index is 12.9. The normalized spacial score (nSPS) is 18.0. The number of benzene rings is 2. The molecule has 5 nitrogen and oxygen atoms in total. The lowest BCUT2D eigenvalue weighted by molar-refractivity contribution is 0.0495. The lowest BCUT2D eigenvalue weighted by atomic mass is 9.71. The number of halogens is 1. The smallest absolute Gasteiger partial charge is 0.255 e. The predicted molar refractivity (Wildman–Crippen MR) is 118 cm³/mol. The SMILES string of the molecule is Cl.O=C(Nc1ccc(C(=O)N2CCC3(CCNCC3)CC2)cc1)c1ccccc1. The molecule has 6 heteroatoms. The number of nitrogens with zero attached hydrogens (tertiary/aromatic N) is 1. The summed E-state index contributed by atoms with van der Waals surface area (Å²) < 4.78 is 0. The first-order valence-corrected chi connectivity index (χ1v) is 10.1. The van der Waals surface area contributed by atoms with Gasteiger partial charge < -0.3 is 15.5 Å². The molecule has 2 aromatic rings. The van der Waals surface area contributed by atoms with Crippen molar-refractivity contribution < 1.29 is 9.59 Å². The zero-order valence-corrected chi connectivity index (χ0v) is 17.3. The molecule has 154 valence electrons. The van der Waals surface area contributed by atoms with Gasteiger partial charge in [0.25, 0.3) is 11.8 Å². The molecule has 2 N–H and O–H groups in total. The monoisotopic (exact) mass is 413 g/mol. The summed E-state index contributed by atoms with van der Waals surface area (Å²) in [4.78, 5) is 27.1. The van der Waals surface area contributed by atoms with E-state index in [9.17, 15) is 9.59 Å². The molecular formula is C23H28ClN3O2. The van der Waals surface area contributed by atoms with Gasteiger partial charge in [-0.2, -0.15) is 0 Å². The molecule has 2 aromatic carbocycles. The minimum Gasteiger partial charge on any atom is -0.339 e. The minimum absolute atomic E-state index is 0. The first-order chi connectivity index (χ1) is 13.7. The van der Waals surface area contributed by atoms with Crippen molar-refractivity contribution in [2.24, 2.45) is 5.41 Å². The highest BCUT2D eigenvalue weighted by Gasteiger charge is 2.36. The highest BCUT2D eigenvalue weighted by atomic mass is 35.5. The number of likely N-dealkylation sites (tertiary alicyclic amines) is 1. The van der Waals surface area contributed by atoms with Crippen LogP contribution >= 0.6 is 12.4 Å². The van der Waals surface area contributed by atoms with Crippen LogP contribution in [0.1, 0.15) is 46.4 Å². The van der Waals surface area contributed by atoms with E-state index < -0.39 is 0 Å². The number of carbonyl (C=O) groups is 2. The Balaban J connectivity index is 0.00000240. The molecule has 2 aliphatic rings. The van der Waals surface area contributed by atoms with E-state index in [-0.39, 0.29) is 24.2 Å². The standard InChI is InChI=1S/C23H27N3O2.ClH/c27-21(18-4-2-1-3-5-18)25-20-8-6-19(7-9-20)22(28)26-16-12-23(13-17-26)10-14-24-15-11-23;/h1-9,24H,10-17H2,(H,25,27);1H. The van der Waals surface area contributed by atoms with Crippen molar-refractivity contribution in [1.29, 1.82) is 0 Å². The molecule has 0 aliphatic carbocycles. The third-order valence-electron chi connectivity index (χ3n) is 6.20. The van der Waals surface area contributed by atoms with Crippen LogP contribution in [0.25, 0.3) is 0 Å². The highest BCUT2D eigenvalue weighted by molar-refractivity contribution is 6.04. The lowest BCUT2D eigenvalue weighted by Gasteiger charge is -2.44. The third kappa shape index (κ3) is 4.98. The number of hydrogen-bond acceptors (Lipinski definition) is 3. The summed E-state index contributed by atoms with van der Waals surface area (Å²) in [6.45, 7) is 3.88. The van der Waals surface area contributed by atoms with Crippen LogP contribution in [0.4, 0.5) is 5.69 Å². The lowest BCUT2D eigenvalue weighted by Crippen LogP contribution is -2.47. The highest BCUT2D eigenvalue weighted by Crippen LogP contribution is 2.39. The van der Waals surface area contributed by atoms with Gasteiger partial charge >= 0.3 is 0 Å². The van der Waals surface area contributed by atoms with Gasteiger partial charge in [-0.05, 0) is 80.6 Å². The van der Waals surface area contributed by atoms with Gasteiger partial charge in [0.05, 0.1) is 0 Å². The number of hydrogen-bond donors (Lipinski definition) is 2. The van der Waals surface area contributed by atoms with Crippen molar-refractivity contribution in [1.82, 2.24) is 10.2 Å². The van der Waals surface area contributed by atoms with E-state index in [1.807, 2.05) is 23.1 Å². The van der Waals surface area contributed by atoms with Crippen LogP contribution in [0.3, 0.4) is 0 Å². The molecule has 0 saturated carbocycles. The summed E-state index contributed by atoms with van der Waals surface area (Å²) in [5.41, 5.74) is 2.42. The Morgan fingerprint density at radius 1 is 0.828 bits per heavy atom. The van der Waals surface area contributed by atoms with E-state index in [0.29, 0.717) is 22.2 Å². The van der Waals surface area contributed by atoms with Crippen molar-refractivity contribution in [2.75, 3.05) is 31.5 Å². The van der Waals surface area contributed by atoms with Gasteiger partial charge in [0, 0.05) is 29.9 Å². The topological polar surface area (TPSA) is 61.4 Å². The molecule has 2 amide bonds. The van der Waals surface area contributed by atoms with E-state index in [0.717, 1.165) is 39.0 Å². The molecule has 2 saturated heterocycles. The van der Waals surface area contributed by atoms with Crippen LogP contribution in [0.15, 0.2) is 54.6 Å².